The Morgan fingerprint density at radius 3 is 2.32 bits per heavy atom. The number of rotatable bonds is 9. The summed E-state index contributed by atoms with van der Waals surface area (Å²) in [5, 5.41) is 13.8. The summed E-state index contributed by atoms with van der Waals surface area (Å²) >= 11 is 0. The van der Waals surface area contributed by atoms with Crippen molar-refractivity contribution < 1.29 is 22.7 Å². The average molecular weight is 445 g/mol. The molecule has 0 saturated carbocycles. The lowest BCUT2D eigenvalue weighted by Gasteiger charge is -2.11. The minimum absolute atomic E-state index is 0.00639. The lowest BCUT2D eigenvalue weighted by molar-refractivity contribution is 0.102. The van der Waals surface area contributed by atoms with Gasteiger partial charge in [-0.05, 0) is 48.4 Å². The van der Waals surface area contributed by atoms with Gasteiger partial charge in [0.2, 0.25) is 10.0 Å². The summed E-state index contributed by atoms with van der Waals surface area (Å²) < 4.78 is 31.6. The number of anilines is 2. The molecule has 0 radical (unpaired) electrons. The molecule has 3 N–H and O–H groups in total. The first-order chi connectivity index (χ1) is 14.7. The standard InChI is InChI=1S/C21H24N4O5S/c1-15(2)14-30-21(27)25-18-6-3-5-17(13-18)24-20(26)16-7-9-19(10-8-16)31(28,29)23-12-4-11-22/h3,5-10,13,15,23H,4,12,14H2,1-2H3,(H,24,26)(H,25,27). The van der Waals surface area contributed by atoms with E-state index in [1.54, 1.807) is 24.3 Å². The molecule has 0 fully saturated rings. The molecule has 31 heavy (non-hydrogen) atoms. The number of sulfonamides is 1. The van der Waals surface area contributed by atoms with Crippen LogP contribution in [0.25, 0.3) is 0 Å². The van der Waals surface area contributed by atoms with Crippen molar-refractivity contribution in [2.75, 3.05) is 23.8 Å². The zero-order valence-electron chi connectivity index (χ0n) is 17.2. The van der Waals surface area contributed by atoms with Gasteiger partial charge in [0.25, 0.3) is 5.91 Å². The Labute approximate surface area is 181 Å². The number of nitriles is 1. The third-order valence-electron chi connectivity index (χ3n) is 3.87. The first kappa shape index (κ1) is 23.9. The van der Waals surface area contributed by atoms with Gasteiger partial charge >= 0.3 is 6.09 Å². The third kappa shape index (κ3) is 7.73. The molecule has 0 aliphatic heterocycles. The van der Waals surface area contributed by atoms with Crippen LogP contribution in [0.1, 0.15) is 30.6 Å². The van der Waals surface area contributed by atoms with E-state index >= 15 is 0 Å². The molecule has 9 nitrogen and oxygen atoms in total. The zero-order chi connectivity index (χ0) is 22.9. The van der Waals surface area contributed by atoms with Crippen LogP contribution in [0.4, 0.5) is 16.2 Å². The van der Waals surface area contributed by atoms with Gasteiger partial charge in [-0.3, -0.25) is 10.1 Å². The summed E-state index contributed by atoms with van der Waals surface area (Å²) in [6.07, 6.45) is -0.527. The molecular weight excluding hydrogens is 420 g/mol. The molecule has 10 heteroatoms. The minimum Gasteiger partial charge on any atom is -0.449 e. The Kier molecular flexibility index (Phi) is 8.54. The number of nitrogens with zero attached hydrogens (tertiary/aromatic N) is 1. The van der Waals surface area contributed by atoms with Crippen LogP contribution < -0.4 is 15.4 Å². The molecule has 0 unspecified atom stereocenters. The molecule has 0 spiro atoms. The highest BCUT2D eigenvalue weighted by atomic mass is 32.2. The van der Waals surface area contributed by atoms with Gasteiger partial charge in [-0.2, -0.15) is 5.26 Å². The topological polar surface area (TPSA) is 137 Å². The molecular formula is C21H24N4O5S. The molecule has 0 bridgehead atoms. The highest BCUT2D eigenvalue weighted by molar-refractivity contribution is 7.89. The quantitative estimate of drug-likeness (QED) is 0.507. The van der Waals surface area contributed by atoms with Gasteiger partial charge in [0.05, 0.1) is 17.6 Å². The normalized spacial score (nSPS) is 10.9. The summed E-state index contributed by atoms with van der Waals surface area (Å²) in [4.78, 5) is 24.2. The molecule has 2 amide bonds. The van der Waals surface area contributed by atoms with Crippen molar-refractivity contribution in [3.05, 3.63) is 54.1 Å². The van der Waals surface area contributed by atoms with Crippen LogP contribution in [-0.4, -0.2) is 33.6 Å². The first-order valence-electron chi connectivity index (χ1n) is 9.53. The second-order valence-corrected chi connectivity index (χ2v) is 8.75. The van der Waals surface area contributed by atoms with E-state index in [0.717, 1.165) is 0 Å². The van der Waals surface area contributed by atoms with E-state index in [1.165, 1.54) is 24.3 Å². The van der Waals surface area contributed by atoms with Crippen molar-refractivity contribution >= 4 is 33.4 Å². The Hall–Kier alpha value is -3.42. The molecule has 2 aromatic carbocycles. The van der Waals surface area contributed by atoms with E-state index in [0.29, 0.717) is 18.0 Å². The van der Waals surface area contributed by atoms with Crippen molar-refractivity contribution in [2.24, 2.45) is 5.92 Å². The fourth-order valence-electron chi connectivity index (χ4n) is 2.38. The number of hydrogen-bond acceptors (Lipinski definition) is 6. The fraction of sp³-hybridized carbons (Fsp3) is 0.286. The third-order valence-corrected chi connectivity index (χ3v) is 5.35. The largest absolute Gasteiger partial charge is 0.449 e. The molecule has 0 aliphatic carbocycles. The molecule has 0 heterocycles. The number of carbonyl (C=O) groups is 2. The van der Waals surface area contributed by atoms with E-state index in [-0.39, 0.29) is 29.3 Å². The Bertz CT molecular complexity index is 1060. The van der Waals surface area contributed by atoms with E-state index < -0.39 is 22.0 Å². The van der Waals surface area contributed by atoms with E-state index in [1.807, 2.05) is 19.9 Å². The Morgan fingerprint density at radius 1 is 1.06 bits per heavy atom. The van der Waals surface area contributed by atoms with Crippen LogP contribution in [0, 0.1) is 17.2 Å². The van der Waals surface area contributed by atoms with Crippen molar-refractivity contribution in [2.45, 2.75) is 25.2 Å². The maximum atomic E-state index is 12.5. The van der Waals surface area contributed by atoms with Crippen LogP contribution in [0.3, 0.4) is 0 Å². The smallest absolute Gasteiger partial charge is 0.411 e. The summed E-state index contributed by atoms with van der Waals surface area (Å²) in [6, 6.07) is 13.8. The number of benzene rings is 2. The monoisotopic (exact) mass is 444 g/mol. The highest BCUT2D eigenvalue weighted by Crippen LogP contribution is 2.17. The van der Waals surface area contributed by atoms with E-state index in [4.69, 9.17) is 10.00 Å². The van der Waals surface area contributed by atoms with Gasteiger partial charge in [-0.25, -0.2) is 17.9 Å². The lowest BCUT2D eigenvalue weighted by atomic mass is 10.2. The van der Waals surface area contributed by atoms with Crippen LogP contribution >= 0.6 is 0 Å². The number of nitrogens with one attached hydrogen (secondary N) is 3. The molecule has 0 aliphatic rings. The number of hydrogen-bond donors (Lipinski definition) is 3. The number of amides is 2. The zero-order valence-corrected chi connectivity index (χ0v) is 18.0. The van der Waals surface area contributed by atoms with Gasteiger partial charge in [0, 0.05) is 29.9 Å². The van der Waals surface area contributed by atoms with Gasteiger partial charge in [-0.15, -0.1) is 0 Å². The van der Waals surface area contributed by atoms with E-state index in [2.05, 4.69) is 15.4 Å². The average Bonchev–Trinajstić information content (AvgIpc) is 2.73. The second kappa shape index (κ2) is 11.1. The molecule has 2 rings (SSSR count). The lowest BCUT2D eigenvalue weighted by Crippen LogP contribution is -2.24. The predicted molar refractivity (Wildman–Crippen MR) is 116 cm³/mol. The molecule has 164 valence electrons. The van der Waals surface area contributed by atoms with Gasteiger partial charge in [0.15, 0.2) is 0 Å². The molecule has 2 aromatic rings. The van der Waals surface area contributed by atoms with Gasteiger partial charge < -0.3 is 10.1 Å². The molecule has 0 atom stereocenters. The molecule has 0 aromatic heterocycles. The Balaban J connectivity index is 2.00. The van der Waals surface area contributed by atoms with Crippen LogP contribution in [-0.2, 0) is 14.8 Å². The summed E-state index contributed by atoms with van der Waals surface area (Å²) in [5.74, 6) is -0.230. The Morgan fingerprint density at radius 2 is 1.71 bits per heavy atom. The van der Waals surface area contributed by atoms with Crippen molar-refractivity contribution in [1.29, 1.82) is 5.26 Å². The highest BCUT2D eigenvalue weighted by Gasteiger charge is 2.15. The van der Waals surface area contributed by atoms with E-state index in [9.17, 15) is 18.0 Å². The summed E-state index contributed by atoms with van der Waals surface area (Å²) in [7, 11) is -3.75. The van der Waals surface area contributed by atoms with Crippen molar-refractivity contribution in [3.63, 3.8) is 0 Å². The fourth-order valence-corrected chi connectivity index (χ4v) is 3.42. The molecule has 0 saturated heterocycles. The predicted octanol–water partition coefficient (Wildman–Crippen LogP) is 3.34. The number of carbonyl (C=O) groups excluding carboxylic acids is 2. The summed E-state index contributed by atoms with van der Waals surface area (Å²) in [6.45, 7) is 4.16. The second-order valence-electron chi connectivity index (χ2n) is 6.98. The first-order valence-corrected chi connectivity index (χ1v) is 11.0. The number of ether oxygens (including phenoxy) is 1. The van der Waals surface area contributed by atoms with Crippen molar-refractivity contribution in [1.82, 2.24) is 4.72 Å². The summed E-state index contributed by atoms with van der Waals surface area (Å²) in [5.41, 5.74) is 1.16. The van der Waals surface area contributed by atoms with Gasteiger partial charge in [0.1, 0.15) is 0 Å². The SMILES string of the molecule is CC(C)COC(=O)Nc1cccc(NC(=O)c2ccc(S(=O)(=O)NCCC#N)cc2)c1. The maximum absolute atomic E-state index is 12.5. The van der Waals surface area contributed by atoms with Crippen LogP contribution in [0.5, 0.6) is 0 Å². The van der Waals surface area contributed by atoms with Crippen molar-refractivity contribution in [3.8, 4) is 6.07 Å². The van der Waals surface area contributed by atoms with Crippen LogP contribution in [0.2, 0.25) is 0 Å². The van der Waals surface area contributed by atoms with Gasteiger partial charge in [-0.1, -0.05) is 19.9 Å². The van der Waals surface area contributed by atoms with Crippen LogP contribution in [0.15, 0.2) is 53.4 Å². The minimum atomic E-state index is -3.75. The maximum Gasteiger partial charge on any atom is 0.411 e.